The van der Waals surface area contributed by atoms with Crippen LogP contribution in [0, 0.1) is 0 Å². The molecule has 1 amide bonds. The van der Waals surface area contributed by atoms with Gasteiger partial charge in [0.1, 0.15) is 0 Å². The summed E-state index contributed by atoms with van der Waals surface area (Å²) in [6.45, 7) is 0. The van der Waals surface area contributed by atoms with Crippen LogP contribution in [0.2, 0.25) is 0 Å². The van der Waals surface area contributed by atoms with Gasteiger partial charge in [0.25, 0.3) is 0 Å². The predicted octanol–water partition coefficient (Wildman–Crippen LogP) is 5.01. The van der Waals surface area contributed by atoms with Crippen LogP contribution in [0.5, 0.6) is 0 Å². The topological polar surface area (TPSA) is 46.4 Å². The highest BCUT2D eigenvalue weighted by atomic mass is 79.9. The van der Waals surface area contributed by atoms with Gasteiger partial charge in [0.15, 0.2) is 4.96 Å². The molecule has 2 heterocycles. The van der Waals surface area contributed by atoms with E-state index in [1.807, 2.05) is 70.6 Å². The predicted molar refractivity (Wildman–Crippen MR) is 105 cm³/mol. The van der Waals surface area contributed by atoms with Gasteiger partial charge in [-0.1, -0.05) is 52.3 Å². The zero-order chi connectivity index (χ0) is 17.2. The summed E-state index contributed by atoms with van der Waals surface area (Å²) in [5.74, 6) is -0.0484. The number of nitrogens with one attached hydrogen (secondary N) is 1. The molecule has 4 nitrogen and oxygen atoms in total. The summed E-state index contributed by atoms with van der Waals surface area (Å²) in [7, 11) is 0. The van der Waals surface area contributed by atoms with Gasteiger partial charge in [0.2, 0.25) is 5.91 Å². The van der Waals surface area contributed by atoms with Crippen molar-refractivity contribution in [2.75, 3.05) is 5.32 Å². The van der Waals surface area contributed by atoms with E-state index < -0.39 is 0 Å². The molecule has 124 valence electrons. The number of hydrogen-bond donors (Lipinski definition) is 1. The van der Waals surface area contributed by atoms with Crippen molar-refractivity contribution in [2.24, 2.45) is 0 Å². The van der Waals surface area contributed by atoms with Gasteiger partial charge in [-0.05, 0) is 18.2 Å². The second kappa shape index (κ2) is 6.82. The quantitative estimate of drug-likeness (QED) is 0.513. The first-order chi connectivity index (χ1) is 12.2. The van der Waals surface area contributed by atoms with Gasteiger partial charge >= 0.3 is 0 Å². The molecule has 4 rings (SSSR count). The van der Waals surface area contributed by atoms with E-state index in [1.165, 1.54) is 0 Å². The first-order valence-electron chi connectivity index (χ1n) is 7.75. The minimum Gasteiger partial charge on any atom is -0.326 e. The van der Waals surface area contributed by atoms with E-state index in [1.54, 1.807) is 11.3 Å². The second-order valence-corrected chi connectivity index (χ2v) is 7.36. The summed E-state index contributed by atoms with van der Waals surface area (Å²) in [5, 5.41) is 4.91. The number of benzene rings is 2. The maximum Gasteiger partial charge on any atom is 0.230 e. The molecule has 0 spiro atoms. The lowest BCUT2D eigenvalue weighted by Gasteiger charge is -2.05. The van der Waals surface area contributed by atoms with Crippen molar-refractivity contribution in [1.82, 2.24) is 9.38 Å². The van der Waals surface area contributed by atoms with E-state index >= 15 is 0 Å². The Kier molecular flexibility index (Phi) is 4.38. The van der Waals surface area contributed by atoms with Crippen LogP contribution in [0.15, 0.2) is 70.6 Å². The van der Waals surface area contributed by atoms with E-state index in [0.29, 0.717) is 6.42 Å². The Labute approximate surface area is 157 Å². The molecule has 1 N–H and O–H groups in total. The Morgan fingerprint density at radius 2 is 2.00 bits per heavy atom. The monoisotopic (exact) mass is 411 g/mol. The van der Waals surface area contributed by atoms with Gasteiger partial charge in [-0.15, -0.1) is 11.3 Å². The molecule has 25 heavy (non-hydrogen) atoms. The average molecular weight is 412 g/mol. The minimum absolute atomic E-state index is 0.0484. The standard InChI is InChI=1S/C19H14BrN3OS/c20-14-7-4-8-15(9-14)21-18(24)10-16-12-25-19-22-17(11-23(16)19)13-5-2-1-3-6-13/h1-9,11-12H,10H2,(H,21,24). The summed E-state index contributed by atoms with van der Waals surface area (Å²) < 4.78 is 2.93. The number of amides is 1. The molecule has 0 saturated carbocycles. The zero-order valence-corrected chi connectivity index (χ0v) is 15.5. The van der Waals surface area contributed by atoms with Crippen LogP contribution in [0.4, 0.5) is 5.69 Å². The molecule has 0 saturated heterocycles. The van der Waals surface area contributed by atoms with E-state index in [9.17, 15) is 4.79 Å². The summed E-state index contributed by atoms with van der Waals surface area (Å²) in [5.41, 5.74) is 3.70. The van der Waals surface area contributed by atoms with Crippen LogP contribution >= 0.6 is 27.3 Å². The average Bonchev–Trinajstić information content (AvgIpc) is 3.18. The van der Waals surface area contributed by atoms with Gasteiger partial charge < -0.3 is 5.32 Å². The van der Waals surface area contributed by atoms with Crippen LogP contribution in [0.25, 0.3) is 16.2 Å². The van der Waals surface area contributed by atoms with Gasteiger partial charge in [-0.2, -0.15) is 0 Å². The maximum absolute atomic E-state index is 12.4. The molecule has 2 aromatic carbocycles. The molecule has 0 atom stereocenters. The molecule has 0 bridgehead atoms. The minimum atomic E-state index is -0.0484. The van der Waals surface area contributed by atoms with E-state index in [-0.39, 0.29) is 5.91 Å². The van der Waals surface area contributed by atoms with Gasteiger partial charge in [0, 0.05) is 33.0 Å². The molecular weight excluding hydrogens is 398 g/mol. The zero-order valence-electron chi connectivity index (χ0n) is 13.1. The van der Waals surface area contributed by atoms with Gasteiger partial charge in [-0.3, -0.25) is 9.20 Å². The molecule has 0 aliphatic carbocycles. The number of hydrogen-bond acceptors (Lipinski definition) is 3. The highest BCUT2D eigenvalue weighted by Gasteiger charge is 2.12. The third kappa shape index (κ3) is 3.50. The van der Waals surface area contributed by atoms with E-state index in [0.717, 1.165) is 32.1 Å². The van der Waals surface area contributed by atoms with Crippen molar-refractivity contribution >= 4 is 43.8 Å². The van der Waals surface area contributed by atoms with Crippen LogP contribution in [-0.4, -0.2) is 15.3 Å². The van der Waals surface area contributed by atoms with Crippen molar-refractivity contribution in [3.05, 3.63) is 76.3 Å². The first kappa shape index (κ1) is 16.1. The lowest BCUT2D eigenvalue weighted by molar-refractivity contribution is -0.115. The fourth-order valence-electron chi connectivity index (χ4n) is 2.64. The van der Waals surface area contributed by atoms with Crippen LogP contribution in [0.1, 0.15) is 5.69 Å². The van der Waals surface area contributed by atoms with Gasteiger partial charge in [0.05, 0.1) is 12.1 Å². The Morgan fingerprint density at radius 3 is 2.80 bits per heavy atom. The number of imidazole rings is 1. The van der Waals surface area contributed by atoms with Crippen molar-refractivity contribution in [3.63, 3.8) is 0 Å². The number of anilines is 1. The lowest BCUT2D eigenvalue weighted by atomic mass is 10.2. The van der Waals surface area contributed by atoms with Crippen LogP contribution < -0.4 is 5.32 Å². The Hall–Kier alpha value is -2.44. The largest absolute Gasteiger partial charge is 0.326 e. The molecule has 4 aromatic rings. The van der Waals surface area contributed by atoms with Crippen molar-refractivity contribution in [2.45, 2.75) is 6.42 Å². The van der Waals surface area contributed by atoms with Crippen molar-refractivity contribution < 1.29 is 4.79 Å². The number of nitrogens with zero attached hydrogens (tertiary/aromatic N) is 2. The molecule has 0 unspecified atom stereocenters. The SMILES string of the molecule is O=C(Cc1csc2nc(-c3ccccc3)cn12)Nc1cccc(Br)c1. The van der Waals surface area contributed by atoms with E-state index in [2.05, 4.69) is 26.2 Å². The Balaban J connectivity index is 1.55. The van der Waals surface area contributed by atoms with Crippen molar-refractivity contribution in [3.8, 4) is 11.3 Å². The number of carbonyl (C=O) groups is 1. The number of rotatable bonds is 4. The molecule has 2 aromatic heterocycles. The third-order valence-corrected chi connectivity index (χ3v) is 5.18. The molecule has 6 heteroatoms. The van der Waals surface area contributed by atoms with Crippen molar-refractivity contribution in [1.29, 1.82) is 0 Å². The van der Waals surface area contributed by atoms with Crippen LogP contribution in [0.3, 0.4) is 0 Å². The molecule has 0 aliphatic heterocycles. The Bertz CT molecular complexity index is 1040. The fraction of sp³-hybridized carbons (Fsp3) is 0.0526. The first-order valence-corrected chi connectivity index (χ1v) is 9.42. The smallest absolute Gasteiger partial charge is 0.230 e. The lowest BCUT2D eigenvalue weighted by Crippen LogP contribution is -2.15. The Morgan fingerprint density at radius 1 is 1.16 bits per heavy atom. The summed E-state index contributed by atoms with van der Waals surface area (Å²) >= 11 is 4.95. The van der Waals surface area contributed by atoms with E-state index in [4.69, 9.17) is 0 Å². The maximum atomic E-state index is 12.4. The third-order valence-electron chi connectivity index (χ3n) is 3.80. The molecule has 0 fully saturated rings. The second-order valence-electron chi connectivity index (χ2n) is 5.61. The summed E-state index contributed by atoms with van der Waals surface area (Å²) in [4.78, 5) is 17.9. The normalized spacial score (nSPS) is 10.9. The fourth-order valence-corrected chi connectivity index (χ4v) is 3.91. The molecule has 0 radical (unpaired) electrons. The van der Waals surface area contributed by atoms with Crippen LogP contribution in [-0.2, 0) is 11.2 Å². The highest BCUT2D eigenvalue weighted by molar-refractivity contribution is 9.10. The van der Waals surface area contributed by atoms with Gasteiger partial charge in [-0.25, -0.2) is 4.98 Å². The highest BCUT2D eigenvalue weighted by Crippen LogP contribution is 2.24. The number of thiazole rings is 1. The molecule has 0 aliphatic rings. The number of aromatic nitrogens is 2. The number of carbonyl (C=O) groups excluding carboxylic acids is 1. The summed E-state index contributed by atoms with van der Waals surface area (Å²) in [6.07, 6.45) is 2.29. The summed E-state index contributed by atoms with van der Waals surface area (Å²) in [6, 6.07) is 17.6. The number of fused-ring (bicyclic) bond motifs is 1. The molecular formula is C19H14BrN3OS. The number of halogens is 1.